The van der Waals surface area contributed by atoms with Crippen LogP contribution in [0.2, 0.25) is 0 Å². The van der Waals surface area contributed by atoms with Crippen molar-refractivity contribution < 1.29 is 4.79 Å². The Morgan fingerprint density at radius 1 is 1.22 bits per heavy atom. The molecule has 1 aliphatic rings. The van der Waals surface area contributed by atoms with Crippen molar-refractivity contribution >= 4 is 5.91 Å². The standard InChI is InChI=1S/C15H30N2O/c1-3-13(4-2)15(18)17(12-8-11-16)14-9-6-5-7-10-14/h13-14H,3-12,16H2,1-2H3. The molecule has 0 saturated heterocycles. The van der Waals surface area contributed by atoms with E-state index in [4.69, 9.17) is 5.73 Å². The second kappa shape index (κ2) is 8.52. The number of amides is 1. The lowest BCUT2D eigenvalue weighted by atomic mass is 9.92. The number of rotatable bonds is 7. The molecule has 0 unspecified atom stereocenters. The van der Waals surface area contributed by atoms with E-state index in [-0.39, 0.29) is 5.92 Å². The van der Waals surface area contributed by atoms with Gasteiger partial charge in [0.25, 0.3) is 0 Å². The lowest BCUT2D eigenvalue weighted by Gasteiger charge is -2.36. The largest absolute Gasteiger partial charge is 0.339 e. The predicted octanol–water partition coefficient (Wildman–Crippen LogP) is 2.93. The Balaban J connectivity index is 2.65. The molecule has 0 atom stereocenters. The van der Waals surface area contributed by atoms with E-state index >= 15 is 0 Å². The maximum absolute atomic E-state index is 12.6. The fourth-order valence-corrected chi connectivity index (χ4v) is 3.00. The van der Waals surface area contributed by atoms with Gasteiger partial charge in [0.05, 0.1) is 0 Å². The van der Waals surface area contributed by atoms with Crippen LogP contribution in [0.1, 0.15) is 65.2 Å². The first-order chi connectivity index (χ1) is 8.74. The average Bonchev–Trinajstić information content (AvgIpc) is 2.42. The summed E-state index contributed by atoms with van der Waals surface area (Å²) in [4.78, 5) is 14.8. The van der Waals surface area contributed by atoms with Crippen LogP contribution in [-0.2, 0) is 4.79 Å². The van der Waals surface area contributed by atoms with Gasteiger partial charge in [-0.3, -0.25) is 4.79 Å². The molecule has 3 heteroatoms. The second-order valence-electron chi connectivity index (χ2n) is 5.48. The molecule has 18 heavy (non-hydrogen) atoms. The Morgan fingerprint density at radius 2 is 1.83 bits per heavy atom. The molecule has 0 aliphatic heterocycles. The molecular formula is C15H30N2O. The number of carbonyl (C=O) groups excluding carboxylic acids is 1. The molecule has 3 nitrogen and oxygen atoms in total. The zero-order valence-electron chi connectivity index (χ0n) is 12.2. The molecule has 0 aromatic rings. The quantitative estimate of drug-likeness (QED) is 0.759. The van der Waals surface area contributed by atoms with Crippen molar-refractivity contribution in [1.29, 1.82) is 0 Å². The molecule has 0 aromatic carbocycles. The molecule has 0 spiro atoms. The van der Waals surface area contributed by atoms with Crippen LogP contribution < -0.4 is 5.73 Å². The van der Waals surface area contributed by atoms with Crippen molar-refractivity contribution in [3.63, 3.8) is 0 Å². The molecule has 1 fully saturated rings. The Hall–Kier alpha value is -0.570. The van der Waals surface area contributed by atoms with Crippen LogP contribution in [0.15, 0.2) is 0 Å². The van der Waals surface area contributed by atoms with E-state index < -0.39 is 0 Å². The van der Waals surface area contributed by atoms with Gasteiger partial charge in [0.2, 0.25) is 5.91 Å². The van der Waals surface area contributed by atoms with Crippen molar-refractivity contribution in [1.82, 2.24) is 4.90 Å². The normalized spacial score (nSPS) is 17.1. The van der Waals surface area contributed by atoms with Crippen molar-refractivity contribution in [2.75, 3.05) is 13.1 Å². The highest BCUT2D eigenvalue weighted by Crippen LogP contribution is 2.25. The fourth-order valence-electron chi connectivity index (χ4n) is 3.00. The first-order valence-corrected chi connectivity index (χ1v) is 7.75. The maximum atomic E-state index is 12.6. The molecule has 106 valence electrons. The van der Waals surface area contributed by atoms with Gasteiger partial charge in [-0.1, -0.05) is 33.1 Å². The smallest absolute Gasteiger partial charge is 0.225 e. The average molecular weight is 254 g/mol. The summed E-state index contributed by atoms with van der Waals surface area (Å²) in [5.74, 6) is 0.588. The van der Waals surface area contributed by atoms with Gasteiger partial charge in [-0.15, -0.1) is 0 Å². The van der Waals surface area contributed by atoms with Gasteiger partial charge in [0, 0.05) is 18.5 Å². The predicted molar refractivity (Wildman–Crippen MR) is 76.3 cm³/mol. The summed E-state index contributed by atoms with van der Waals surface area (Å²) in [6.07, 6.45) is 9.12. The molecule has 0 aromatic heterocycles. The van der Waals surface area contributed by atoms with E-state index in [1.54, 1.807) is 0 Å². The topological polar surface area (TPSA) is 46.3 Å². The summed E-state index contributed by atoms with van der Waals surface area (Å²) in [5, 5.41) is 0. The molecule has 0 bridgehead atoms. The maximum Gasteiger partial charge on any atom is 0.225 e. The van der Waals surface area contributed by atoms with Crippen LogP contribution >= 0.6 is 0 Å². The van der Waals surface area contributed by atoms with Gasteiger partial charge >= 0.3 is 0 Å². The van der Waals surface area contributed by atoms with Crippen LogP contribution in [0.25, 0.3) is 0 Å². The SMILES string of the molecule is CCC(CC)C(=O)N(CCCN)C1CCCCC1. The van der Waals surface area contributed by atoms with Crippen molar-refractivity contribution in [2.24, 2.45) is 11.7 Å². The van der Waals surface area contributed by atoms with E-state index in [2.05, 4.69) is 18.7 Å². The third kappa shape index (κ3) is 4.27. The van der Waals surface area contributed by atoms with Gasteiger partial charge in [-0.05, 0) is 38.6 Å². The first-order valence-electron chi connectivity index (χ1n) is 7.75. The van der Waals surface area contributed by atoms with Crippen LogP contribution in [0, 0.1) is 5.92 Å². The molecule has 1 saturated carbocycles. The molecule has 1 aliphatic carbocycles. The van der Waals surface area contributed by atoms with Gasteiger partial charge in [-0.2, -0.15) is 0 Å². The van der Waals surface area contributed by atoms with E-state index in [1.165, 1.54) is 32.1 Å². The summed E-state index contributed by atoms with van der Waals surface area (Å²) in [5.41, 5.74) is 5.61. The summed E-state index contributed by atoms with van der Waals surface area (Å²) in [7, 11) is 0. The zero-order valence-corrected chi connectivity index (χ0v) is 12.2. The summed E-state index contributed by atoms with van der Waals surface area (Å²) in [6, 6.07) is 0.485. The third-order valence-corrected chi connectivity index (χ3v) is 4.24. The minimum Gasteiger partial charge on any atom is -0.339 e. The van der Waals surface area contributed by atoms with E-state index in [1.807, 2.05) is 0 Å². The number of hydrogen-bond acceptors (Lipinski definition) is 2. The van der Waals surface area contributed by atoms with E-state index in [9.17, 15) is 4.79 Å². The minimum atomic E-state index is 0.213. The Bertz CT molecular complexity index is 233. The first kappa shape index (κ1) is 15.5. The Kier molecular flexibility index (Phi) is 7.33. The van der Waals surface area contributed by atoms with E-state index in [0.717, 1.165) is 25.8 Å². The summed E-state index contributed by atoms with van der Waals surface area (Å²) >= 11 is 0. The summed E-state index contributed by atoms with van der Waals surface area (Å²) in [6.45, 7) is 5.78. The van der Waals surface area contributed by atoms with Crippen molar-refractivity contribution in [2.45, 2.75) is 71.3 Å². The van der Waals surface area contributed by atoms with Gasteiger partial charge in [0.15, 0.2) is 0 Å². The second-order valence-corrected chi connectivity index (χ2v) is 5.48. The van der Waals surface area contributed by atoms with E-state index in [0.29, 0.717) is 18.5 Å². The number of carbonyl (C=O) groups is 1. The highest BCUT2D eigenvalue weighted by atomic mass is 16.2. The minimum absolute atomic E-state index is 0.213. The van der Waals surface area contributed by atoms with Crippen molar-refractivity contribution in [3.8, 4) is 0 Å². The Labute approximate surface area is 112 Å². The number of nitrogens with two attached hydrogens (primary N) is 1. The number of nitrogens with zero attached hydrogens (tertiary/aromatic N) is 1. The number of hydrogen-bond donors (Lipinski definition) is 1. The van der Waals surface area contributed by atoms with Crippen LogP contribution in [0.5, 0.6) is 0 Å². The van der Waals surface area contributed by atoms with Crippen LogP contribution in [0.4, 0.5) is 0 Å². The van der Waals surface area contributed by atoms with Gasteiger partial charge in [0.1, 0.15) is 0 Å². The fraction of sp³-hybridized carbons (Fsp3) is 0.933. The molecule has 1 rings (SSSR count). The zero-order chi connectivity index (χ0) is 13.4. The van der Waals surface area contributed by atoms with Crippen molar-refractivity contribution in [3.05, 3.63) is 0 Å². The Morgan fingerprint density at radius 3 is 2.33 bits per heavy atom. The van der Waals surface area contributed by atoms with Crippen LogP contribution in [0.3, 0.4) is 0 Å². The molecule has 2 N–H and O–H groups in total. The van der Waals surface area contributed by atoms with Crippen LogP contribution in [-0.4, -0.2) is 29.9 Å². The molecule has 0 radical (unpaired) electrons. The highest BCUT2D eigenvalue weighted by Gasteiger charge is 2.28. The lowest BCUT2D eigenvalue weighted by molar-refractivity contribution is -0.138. The monoisotopic (exact) mass is 254 g/mol. The molecule has 1 amide bonds. The van der Waals surface area contributed by atoms with Gasteiger partial charge < -0.3 is 10.6 Å². The molecule has 0 heterocycles. The third-order valence-electron chi connectivity index (χ3n) is 4.24. The lowest BCUT2D eigenvalue weighted by Crippen LogP contribution is -2.45. The highest BCUT2D eigenvalue weighted by molar-refractivity contribution is 5.79. The summed E-state index contributed by atoms with van der Waals surface area (Å²) < 4.78 is 0. The molecular weight excluding hydrogens is 224 g/mol. The van der Waals surface area contributed by atoms with Gasteiger partial charge in [-0.25, -0.2) is 0 Å².